The van der Waals surface area contributed by atoms with Gasteiger partial charge in [-0.25, -0.2) is 4.68 Å². The molecule has 1 aromatic heterocycles. The molecule has 0 aliphatic heterocycles. The summed E-state index contributed by atoms with van der Waals surface area (Å²) < 4.78 is 38.5. The van der Waals surface area contributed by atoms with Crippen LogP contribution in [0.15, 0.2) is 28.9 Å². The second kappa shape index (κ2) is 4.76. The molecule has 4 nitrogen and oxygen atoms in total. The van der Waals surface area contributed by atoms with E-state index >= 15 is 0 Å². The summed E-state index contributed by atoms with van der Waals surface area (Å²) in [4.78, 5) is 11.0. The predicted molar refractivity (Wildman–Crippen MR) is 64.2 cm³/mol. The van der Waals surface area contributed by atoms with Gasteiger partial charge in [0.2, 0.25) is 0 Å². The van der Waals surface area contributed by atoms with E-state index in [1.807, 2.05) is 6.92 Å². The molecule has 0 spiro atoms. The van der Waals surface area contributed by atoms with E-state index in [1.165, 1.54) is 0 Å². The highest BCUT2D eigenvalue weighted by molar-refractivity contribution is 9.10. The van der Waals surface area contributed by atoms with Crippen LogP contribution in [0, 0.1) is 6.92 Å². The third-order valence-electron chi connectivity index (χ3n) is 2.33. The first kappa shape index (κ1) is 13.7. The third kappa shape index (κ3) is 2.83. The number of rotatable bonds is 2. The second-order valence-corrected chi connectivity index (χ2v) is 4.68. The number of aryl methyl sites for hydroxylation is 1. The fourth-order valence-corrected chi connectivity index (χ4v) is 2.10. The van der Waals surface area contributed by atoms with Crippen LogP contribution >= 0.6 is 15.9 Å². The van der Waals surface area contributed by atoms with Gasteiger partial charge in [-0.05, 0) is 40.5 Å². The molecule has 0 amide bonds. The molecule has 0 saturated heterocycles. The van der Waals surface area contributed by atoms with Crippen LogP contribution in [0.1, 0.15) is 16.1 Å². The summed E-state index contributed by atoms with van der Waals surface area (Å²) in [7, 11) is 0. The number of halogens is 4. The lowest BCUT2D eigenvalue weighted by molar-refractivity contribution is -0.0888. The van der Waals surface area contributed by atoms with E-state index in [1.54, 1.807) is 18.2 Å². The number of carbonyl (C=O) groups is 1. The number of nitrogens with zero attached hydrogens (tertiary/aromatic N) is 3. The van der Waals surface area contributed by atoms with Crippen LogP contribution in [0.25, 0.3) is 5.69 Å². The van der Waals surface area contributed by atoms with Gasteiger partial charge in [0.15, 0.2) is 5.69 Å². The highest BCUT2D eigenvalue weighted by atomic mass is 79.9. The minimum absolute atomic E-state index is 0.499. The molecule has 0 aliphatic carbocycles. The monoisotopic (exact) mass is 333 g/mol. The van der Waals surface area contributed by atoms with E-state index in [9.17, 15) is 18.0 Å². The van der Waals surface area contributed by atoms with E-state index in [-0.39, 0.29) is 0 Å². The van der Waals surface area contributed by atoms with E-state index in [0.29, 0.717) is 10.2 Å². The zero-order valence-corrected chi connectivity index (χ0v) is 11.2. The van der Waals surface area contributed by atoms with Crippen LogP contribution in [0.2, 0.25) is 0 Å². The summed E-state index contributed by atoms with van der Waals surface area (Å²) in [5.41, 5.74) is 0.738. The van der Waals surface area contributed by atoms with Crippen LogP contribution in [-0.4, -0.2) is 27.0 Å². The van der Waals surface area contributed by atoms with Crippen LogP contribution in [0.3, 0.4) is 0 Å². The molecule has 2 aromatic rings. The zero-order valence-electron chi connectivity index (χ0n) is 9.57. The summed E-state index contributed by atoms with van der Waals surface area (Å²) in [5.74, 6) is -2.01. The number of benzene rings is 1. The summed E-state index contributed by atoms with van der Waals surface area (Å²) >= 11 is 3.27. The maximum Gasteiger partial charge on any atom is 0.456 e. The molecular weight excluding hydrogens is 327 g/mol. The van der Waals surface area contributed by atoms with Gasteiger partial charge in [-0.3, -0.25) is 4.79 Å². The van der Waals surface area contributed by atoms with Crippen molar-refractivity contribution in [2.24, 2.45) is 0 Å². The lowest BCUT2D eigenvalue weighted by Gasteiger charge is -2.04. The van der Waals surface area contributed by atoms with Gasteiger partial charge in [0.05, 0.1) is 11.9 Å². The molecule has 2 rings (SSSR count). The van der Waals surface area contributed by atoms with Crippen LogP contribution in [0.5, 0.6) is 0 Å². The Kier molecular flexibility index (Phi) is 3.44. The smallest absolute Gasteiger partial charge is 0.282 e. The average molecular weight is 334 g/mol. The lowest BCUT2D eigenvalue weighted by Crippen LogP contribution is -2.23. The van der Waals surface area contributed by atoms with Crippen LogP contribution in [-0.2, 0) is 0 Å². The standard InChI is InChI=1S/C11H7BrF3N3O/c1-6-2-3-9(7(12)4-6)18-5-8(16-17-18)10(19)11(13,14)15/h2-5H,1H3. The van der Waals surface area contributed by atoms with Crippen molar-refractivity contribution in [3.05, 3.63) is 40.1 Å². The maximum atomic E-state index is 12.2. The summed E-state index contributed by atoms with van der Waals surface area (Å²) in [6.07, 6.45) is -4.00. The Labute approximate surface area is 114 Å². The van der Waals surface area contributed by atoms with Crippen molar-refractivity contribution >= 4 is 21.7 Å². The molecule has 0 atom stereocenters. The van der Waals surface area contributed by atoms with Crippen molar-refractivity contribution in [1.82, 2.24) is 15.0 Å². The first-order valence-electron chi connectivity index (χ1n) is 5.09. The van der Waals surface area contributed by atoms with Crippen LogP contribution in [0.4, 0.5) is 13.2 Å². The van der Waals surface area contributed by atoms with Gasteiger partial charge in [-0.1, -0.05) is 11.3 Å². The minimum atomic E-state index is -4.95. The van der Waals surface area contributed by atoms with Crippen LogP contribution < -0.4 is 0 Å². The summed E-state index contributed by atoms with van der Waals surface area (Å²) in [5, 5.41) is 6.77. The molecule has 19 heavy (non-hydrogen) atoms. The maximum absolute atomic E-state index is 12.2. The largest absolute Gasteiger partial charge is 0.456 e. The van der Waals surface area contributed by atoms with Gasteiger partial charge in [-0.15, -0.1) is 5.10 Å². The van der Waals surface area contributed by atoms with Gasteiger partial charge >= 0.3 is 6.18 Å². The van der Waals surface area contributed by atoms with Crippen molar-refractivity contribution in [1.29, 1.82) is 0 Å². The number of alkyl halides is 3. The molecule has 100 valence electrons. The molecule has 0 bridgehead atoms. The topological polar surface area (TPSA) is 47.8 Å². The first-order valence-corrected chi connectivity index (χ1v) is 5.89. The molecule has 0 unspecified atom stereocenters. The summed E-state index contributed by atoms with van der Waals surface area (Å²) in [6, 6.07) is 5.21. The molecule has 0 aliphatic rings. The van der Waals surface area contributed by atoms with E-state index in [0.717, 1.165) is 16.4 Å². The lowest BCUT2D eigenvalue weighted by atomic mass is 10.2. The molecule has 8 heteroatoms. The quantitative estimate of drug-likeness (QED) is 0.793. The van der Waals surface area contributed by atoms with Crippen molar-refractivity contribution < 1.29 is 18.0 Å². The SMILES string of the molecule is Cc1ccc(-n2cc(C(=O)C(F)(F)F)nn2)c(Br)c1. The Hall–Kier alpha value is -1.70. The van der Waals surface area contributed by atoms with Gasteiger partial charge in [0.1, 0.15) is 0 Å². The number of Topliss-reactive ketones (excluding diaryl/α,β-unsaturated/α-hetero) is 1. The van der Waals surface area contributed by atoms with E-state index < -0.39 is 17.7 Å². The van der Waals surface area contributed by atoms with E-state index in [2.05, 4.69) is 26.2 Å². The van der Waals surface area contributed by atoms with E-state index in [4.69, 9.17) is 0 Å². The van der Waals surface area contributed by atoms with Crippen molar-refractivity contribution in [2.45, 2.75) is 13.1 Å². The second-order valence-electron chi connectivity index (χ2n) is 3.83. The molecule has 0 N–H and O–H groups in total. The Morgan fingerprint density at radius 3 is 2.63 bits per heavy atom. The Morgan fingerprint density at radius 2 is 2.05 bits per heavy atom. The fourth-order valence-electron chi connectivity index (χ4n) is 1.43. The number of hydrogen-bond donors (Lipinski definition) is 0. The normalized spacial score (nSPS) is 11.6. The predicted octanol–water partition coefficient (Wildman–Crippen LogP) is 3.08. The number of hydrogen-bond acceptors (Lipinski definition) is 3. The number of ketones is 1. The third-order valence-corrected chi connectivity index (χ3v) is 2.97. The van der Waals surface area contributed by atoms with Gasteiger partial charge in [0.25, 0.3) is 5.78 Å². The zero-order chi connectivity index (χ0) is 14.2. The molecule has 0 radical (unpaired) electrons. The van der Waals surface area contributed by atoms with Crippen molar-refractivity contribution in [2.75, 3.05) is 0 Å². The molecule has 1 heterocycles. The molecular formula is C11H7BrF3N3O. The Morgan fingerprint density at radius 1 is 1.37 bits per heavy atom. The summed E-state index contributed by atoms with van der Waals surface area (Å²) in [6.45, 7) is 1.87. The van der Waals surface area contributed by atoms with Crippen molar-refractivity contribution in [3.63, 3.8) is 0 Å². The highest BCUT2D eigenvalue weighted by Crippen LogP contribution is 2.23. The number of aromatic nitrogens is 3. The Balaban J connectivity index is 2.39. The van der Waals surface area contributed by atoms with Crippen molar-refractivity contribution in [3.8, 4) is 5.69 Å². The van der Waals surface area contributed by atoms with Gasteiger partial charge < -0.3 is 0 Å². The molecule has 1 aromatic carbocycles. The minimum Gasteiger partial charge on any atom is -0.282 e. The first-order chi connectivity index (χ1) is 8.79. The molecule has 0 fully saturated rings. The fraction of sp³-hybridized carbons (Fsp3) is 0.182. The highest BCUT2D eigenvalue weighted by Gasteiger charge is 2.41. The molecule has 0 saturated carbocycles. The van der Waals surface area contributed by atoms with Gasteiger partial charge in [-0.2, -0.15) is 13.2 Å². The van der Waals surface area contributed by atoms with Gasteiger partial charge in [0, 0.05) is 4.47 Å². The Bertz CT molecular complexity index is 636. The number of carbonyl (C=O) groups excluding carboxylic acids is 1. The average Bonchev–Trinajstić information content (AvgIpc) is 2.75.